The predicted octanol–water partition coefficient (Wildman–Crippen LogP) is 2.91. The largest absolute Gasteiger partial charge is 0.293 e. The number of halogens is 2. The average molecular weight is 250 g/mol. The molecule has 2 nitrogen and oxygen atoms in total. The number of alkyl halides is 2. The van der Waals surface area contributed by atoms with Gasteiger partial charge in [0.1, 0.15) is 6.04 Å². The van der Waals surface area contributed by atoms with E-state index in [2.05, 4.69) is 22.0 Å². The number of likely N-dealkylation sites (tertiary alicyclic amines) is 1. The van der Waals surface area contributed by atoms with Gasteiger partial charge in [0, 0.05) is 32.1 Å². The molecule has 2 aliphatic rings. The fraction of sp³-hybridized carbons (Fsp3) is 0.500. The van der Waals surface area contributed by atoms with Crippen molar-refractivity contribution in [3.63, 3.8) is 0 Å². The van der Waals surface area contributed by atoms with Crippen LogP contribution in [0.15, 0.2) is 35.3 Å². The molecule has 18 heavy (non-hydrogen) atoms. The lowest BCUT2D eigenvalue weighted by atomic mass is 9.97. The molecule has 1 aromatic carbocycles. The molecule has 4 heteroatoms. The lowest BCUT2D eigenvalue weighted by Crippen LogP contribution is -2.43. The van der Waals surface area contributed by atoms with Crippen LogP contribution in [0, 0.1) is 0 Å². The Hall–Kier alpha value is -1.29. The molecule has 0 spiro atoms. The van der Waals surface area contributed by atoms with Gasteiger partial charge in [0.15, 0.2) is 0 Å². The Kier molecular flexibility index (Phi) is 2.90. The average Bonchev–Trinajstić information content (AvgIpc) is 3.18. The first kappa shape index (κ1) is 11.8. The van der Waals surface area contributed by atoms with Crippen LogP contribution in [0.5, 0.6) is 0 Å². The molecule has 0 N–H and O–H groups in total. The fourth-order valence-corrected chi connectivity index (χ4v) is 2.62. The lowest BCUT2D eigenvalue weighted by Gasteiger charge is -2.37. The third kappa shape index (κ3) is 2.43. The van der Waals surface area contributed by atoms with E-state index in [1.807, 2.05) is 24.4 Å². The minimum absolute atomic E-state index is 0.0386. The van der Waals surface area contributed by atoms with Crippen molar-refractivity contribution in [3.05, 3.63) is 35.9 Å². The molecule has 2 atom stereocenters. The van der Waals surface area contributed by atoms with Crippen LogP contribution in [0.4, 0.5) is 8.78 Å². The zero-order valence-electron chi connectivity index (χ0n) is 10.1. The topological polar surface area (TPSA) is 15.6 Å². The van der Waals surface area contributed by atoms with Crippen LogP contribution in [0.25, 0.3) is 0 Å². The third-order valence-corrected chi connectivity index (χ3v) is 3.71. The van der Waals surface area contributed by atoms with Gasteiger partial charge in [-0.3, -0.25) is 9.89 Å². The maximum absolute atomic E-state index is 13.2. The van der Waals surface area contributed by atoms with E-state index in [1.54, 1.807) is 0 Å². The lowest BCUT2D eigenvalue weighted by molar-refractivity contribution is -0.0631. The van der Waals surface area contributed by atoms with E-state index in [9.17, 15) is 8.78 Å². The van der Waals surface area contributed by atoms with Gasteiger partial charge in [-0.1, -0.05) is 30.3 Å². The molecule has 2 aliphatic heterocycles. The molecule has 0 radical (unpaired) electrons. The summed E-state index contributed by atoms with van der Waals surface area (Å²) in [6.45, 7) is 0.902. The molecule has 0 aromatic heterocycles. The van der Waals surface area contributed by atoms with Crippen molar-refractivity contribution < 1.29 is 8.78 Å². The second-order valence-electron chi connectivity index (χ2n) is 5.04. The summed E-state index contributed by atoms with van der Waals surface area (Å²) >= 11 is 0. The fourth-order valence-electron chi connectivity index (χ4n) is 2.62. The van der Waals surface area contributed by atoms with E-state index in [4.69, 9.17) is 0 Å². The van der Waals surface area contributed by atoms with Crippen LogP contribution < -0.4 is 0 Å². The van der Waals surface area contributed by atoms with Crippen LogP contribution in [0.3, 0.4) is 0 Å². The van der Waals surface area contributed by atoms with E-state index in [0.717, 1.165) is 0 Å². The van der Waals surface area contributed by atoms with Crippen molar-refractivity contribution in [1.29, 1.82) is 0 Å². The molecule has 0 bridgehead atoms. The van der Waals surface area contributed by atoms with Crippen molar-refractivity contribution in [2.75, 3.05) is 13.1 Å². The van der Waals surface area contributed by atoms with E-state index >= 15 is 0 Å². The monoisotopic (exact) mass is 250 g/mol. The minimum atomic E-state index is -2.48. The first-order valence-corrected chi connectivity index (χ1v) is 6.36. The van der Waals surface area contributed by atoms with Gasteiger partial charge >= 0.3 is 0 Å². The standard InChI is InChI=1S/C14H16F2N2/c15-14(16)6-8-18(9-7-14)13(12-10-17-12)11-4-2-1-3-5-11/h1-5,10,12-13H,6-9H2. The van der Waals surface area contributed by atoms with Crippen LogP contribution in [-0.2, 0) is 0 Å². The van der Waals surface area contributed by atoms with Crippen LogP contribution in [0.2, 0.25) is 0 Å². The van der Waals surface area contributed by atoms with E-state index in [1.165, 1.54) is 5.56 Å². The van der Waals surface area contributed by atoms with Crippen LogP contribution >= 0.6 is 0 Å². The highest BCUT2D eigenvalue weighted by Gasteiger charge is 2.40. The third-order valence-electron chi connectivity index (χ3n) is 3.71. The number of piperidine rings is 1. The molecule has 0 aliphatic carbocycles. The Bertz CT molecular complexity index is 428. The SMILES string of the molecule is FC1(F)CCN(C(c2ccccc2)C2C=N2)CC1. The first-order chi connectivity index (χ1) is 8.66. The van der Waals surface area contributed by atoms with E-state index < -0.39 is 5.92 Å². The molecular formula is C14H16F2N2. The summed E-state index contributed by atoms with van der Waals surface area (Å²) in [7, 11) is 0. The number of aliphatic imine (C=N–C) groups is 1. The Balaban J connectivity index is 1.75. The zero-order chi connectivity index (χ0) is 12.6. The number of hydrogen-bond donors (Lipinski definition) is 0. The predicted molar refractivity (Wildman–Crippen MR) is 67.2 cm³/mol. The maximum atomic E-state index is 13.2. The summed E-state index contributed by atoms with van der Waals surface area (Å²) in [4.78, 5) is 6.38. The molecule has 96 valence electrons. The summed E-state index contributed by atoms with van der Waals surface area (Å²) in [5, 5.41) is 0. The van der Waals surface area contributed by atoms with Crippen molar-refractivity contribution in [2.24, 2.45) is 4.99 Å². The highest BCUT2D eigenvalue weighted by molar-refractivity contribution is 5.79. The first-order valence-electron chi connectivity index (χ1n) is 6.36. The van der Waals surface area contributed by atoms with Gasteiger partial charge in [-0.25, -0.2) is 8.78 Å². The Labute approximate surface area is 105 Å². The van der Waals surface area contributed by atoms with Crippen LogP contribution in [0.1, 0.15) is 24.4 Å². The van der Waals surface area contributed by atoms with Crippen molar-refractivity contribution in [1.82, 2.24) is 4.90 Å². The van der Waals surface area contributed by atoms with Gasteiger partial charge in [0.05, 0.1) is 6.04 Å². The second kappa shape index (κ2) is 4.43. The quantitative estimate of drug-likeness (QED) is 0.805. The number of rotatable bonds is 3. The van der Waals surface area contributed by atoms with Gasteiger partial charge in [0.2, 0.25) is 0 Å². The number of hydrogen-bond acceptors (Lipinski definition) is 2. The highest BCUT2D eigenvalue weighted by Crippen LogP contribution is 2.36. The normalized spacial score (nSPS) is 28.0. The summed E-state index contributed by atoms with van der Waals surface area (Å²) in [6, 6.07) is 10.4. The minimum Gasteiger partial charge on any atom is -0.293 e. The molecule has 3 rings (SSSR count). The van der Waals surface area contributed by atoms with E-state index in [0.29, 0.717) is 13.1 Å². The van der Waals surface area contributed by atoms with Gasteiger partial charge in [-0.2, -0.15) is 0 Å². The van der Waals surface area contributed by atoms with Gasteiger partial charge in [-0.15, -0.1) is 0 Å². The van der Waals surface area contributed by atoms with Crippen molar-refractivity contribution in [2.45, 2.75) is 30.8 Å². The summed E-state index contributed by atoms with van der Waals surface area (Å²) < 4.78 is 26.4. The van der Waals surface area contributed by atoms with Crippen molar-refractivity contribution >= 4 is 6.21 Å². The molecule has 2 unspecified atom stereocenters. The zero-order valence-corrected chi connectivity index (χ0v) is 10.1. The highest BCUT2D eigenvalue weighted by atomic mass is 19.3. The molecule has 1 aromatic rings. The molecule has 1 fully saturated rings. The van der Waals surface area contributed by atoms with Crippen molar-refractivity contribution in [3.8, 4) is 0 Å². The molecule has 2 heterocycles. The molecular weight excluding hydrogens is 234 g/mol. The molecule has 0 saturated carbocycles. The summed E-state index contributed by atoms with van der Waals surface area (Å²) in [6.07, 6.45) is 1.83. The Morgan fingerprint density at radius 3 is 2.33 bits per heavy atom. The molecule has 0 amide bonds. The maximum Gasteiger partial charge on any atom is 0.250 e. The summed E-state index contributed by atoms with van der Waals surface area (Å²) in [5.41, 5.74) is 1.17. The smallest absolute Gasteiger partial charge is 0.250 e. The van der Waals surface area contributed by atoms with Gasteiger partial charge in [-0.05, 0) is 5.56 Å². The van der Waals surface area contributed by atoms with E-state index in [-0.39, 0.29) is 24.9 Å². The number of nitrogens with zero attached hydrogens (tertiary/aromatic N) is 2. The van der Waals surface area contributed by atoms with Gasteiger partial charge in [0.25, 0.3) is 5.92 Å². The molecule has 1 saturated heterocycles. The van der Waals surface area contributed by atoms with Gasteiger partial charge < -0.3 is 0 Å². The van der Waals surface area contributed by atoms with Crippen LogP contribution in [-0.4, -0.2) is 36.2 Å². The Morgan fingerprint density at radius 2 is 1.78 bits per heavy atom. The summed E-state index contributed by atoms with van der Waals surface area (Å²) in [5.74, 6) is -2.48. The number of benzene rings is 1. The second-order valence-corrected chi connectivity index (χ2v) is 5.04. The Morgan fingerprint density at radius 1 is 1.17 bits per heavy atom.